The van der Waals surface area contributed by atoms with Crippen LogP contribution in [0.2, 0.25) is 0 Å². The summed E-state index contributed by atoms with van der Waals surface area (Å²) in [6, 6.07) is 13.1. The van der Waals surface area contributed by atoms with Gasteiger partial charge < -0.3 is 4.42 Å². The van der Waals surface area contributed by atoms with Gasteiger partial charge in [0.15, 0.2) is 0 Å². The third-order valence-corrected chi connectivity index (χ3v) is 2.51. The van der Waals surface area contributed by atoms with E-state index in [1.54, 1.807) is 12.1 Å². The Morgan fingerprint density at radius 2 is 1.73 bits per heavy atom. The molecule has 3 aromatic rings. The van der Waals surface area contributed by atoms with Crippen molar-refractivity contribution in [2.75, 3.05) is 0 Å². The number of hydrogen-bond donors (Lipinski definition) is 0. The highest BCUT2D eigenvalue weighted by Gasteiger charge is 2.09. The Hall–Kier alpha value is -2.09. The average Bonchev–Trinajstić information content (AvgIpc) is 2.67. The van der Waals surface area contributed by atoms with E-state index in [2.05, 4.69) is 0 Å². The summed E-state index contributed by atoms with van der Waals surface area (Å²) in [5.41, 5.74) is 2.09. The third kappa shape index (κ3) is 1.08. The van der Waals surface area contributed by atoms with Crippen molar-refractivity contribution in [2.24, 2.45) is 0 Å². The lowest BCUT2D eigenvalue weighted by atomic mass is 10.1. The molecule has 0 unspecified atom stereocenters. The highest BCUT2D eigenvalue weighted by Crippen LogP contribution is 2.30. The molecule has 71 valence electrons. The molecule has 0 saturated heterocycles. The third-order valence-electron chi connectivity index (χ3n) is 2.51. The van der Waals surface area contributed by atoms with Crippen LogP contribution in [0.3, 0.4) is 0 Å². The zero-order valence-corrected chi connectivity index (χ0v) is 7.86. The first kappa shape index (κ1) is 8.24. The molecule has 0 amide bonds. The van der Waals surface area contributed by atoms with Crippen LogP contribution < -0.4 is 0 Å². The van der Waals surface area contributed by atoms with Gasteiger partial charge in [0.25, 0.3) is 0 Å². The first-order chi connectivity index (χ1) is 7.40. The maximum Gasteiger partial charge on any atom is 0.234 e. The van der Waals surface area contributed by atoms with Gasteiger partial charge in [-0.05, 0) is 12.1 Å². The fourth-order valence-corrected chi connectivity index (χ4v) is 1.86. The van der Waals surface area contributed by atoms with E-state index in [1.165, 1.54) is 0 Å². The van der Waals surface area contributed by atoms with Gasteiger partial charge in [-0.1, -0.05) is 30.3 Å². The molecule has 0 aliphatic carbocycles. The van der Waals surface area contributed by atoms with Gasteiger partial charge in [-0.25, -0.2) is 0 Å². The molecule has 1 radical (unpaired) electrons. The normalized spacial score (nSPS) is 10.9. The standard InChI is InChI=1S/C13H7O2/c14-8-9-4-3-7-12-13(9)10-5-1-2-6-11(10)15-12/h1-7H. The number of para-hydroxylation sites is 1. The van der Waals surface area contributed by atoms with E-state index in [9.17, 15) is 4.79 Å². The number of carbonyl (C=O) groups excluding carboxylic acids is 1. The monoisotopic (exact) mass is 195 g/mol. The Morgan fingerprint density at radius 1 is 0.933 bits per heavy atom. The highest BCUT2D eigenvalue weighted by molar-refractivity contribution is 6.12. The van der Waals surface area contributed by atoms with Gasteiger partial charge in [0, 0.05) is 16.3 Å². The molecular formula is C13H7O2. The molecule has 0 atom stereocenters. The van der Waals surface area contributed by atoms with Gasteiger partial charge in [0.05, 0.1) is 0 Å². The molecule has 2 aromatic carbocycles. The van der Waals surface area contributed by atoms with Crippen LogP contribution in [-0.2, 0) is 4.79 Å². The van der Waals surface area contributed by atoms with E-state index in [0.29, 0.717) is 5.56 Å². The Labute approximate surface area is 86.1 Å². The quantitative estimate of drug-likeness (QED) is 0.597. The molecule has 0 spiro atoms. The smallest absolute Gasteiger partial charge is 0.234 e. The van der Waals surface area contributed by atoms with Crippen molar-refractivity contribution in [3.63, 3.8) is 0 Å². The summed E-state index contributed by atoms with van der Waals surface area (Å²) in [4.78, 5) is 10.8. The molecule has 3 rings (SSSR count). The van der Waals surface area contributed by atoms with Gasteiger partial charge >= 0.3 is 0 Å². The maximum atomic E-state index is 10.8. The minimum absolute atomic E-state index is 0.553. The van der Waals surface area contributed by atoms with Gasteiger partial charge in [-0.2, -0.15) is 0 Å². The SMILES string of the molecule is O=[C]c1cccc2oc3ccccc3c12. The molecule has 2 nitrogen and oxygen atoms in total. The van der Waals surface area contributed by atoms with Crippen LogP contribution in [0.25, 0.3) is 21.9 Å². The second-order valence-electron chi connectivity index (χ2n) is 3.38. The van der Waals surface area contributed by atoms with Crippen LogP contribution in [0.4, 0.5) is 0 Å². The summed E-state index contributed by atoms with van der Waals surface area (Å²) in [6.45, 7) is 0. The topological polar surface area (TPSA) is 30.2 Å². The minimum Gasteiger partial charge on any atom is -0.456 e. The summed E-state index contributed by atoms with van der Waals surface area (Å²) in [6.07, 6.45) is 1.94. The second kappa shape index (κ2) is 2.95. The molecule has 2 heteroatoms. The van der Waals surface area contributed by atoms with E-state index >= 15 is 0 Å². The lowest BCUT2D eigenvalue weighted by Crippen LogP contribution is -1.79. The van der Waals surface area contributed by atoms with Crippen molar-refractivity contribution >= 4 is 28.2 Å². The van der Waals surface area contributed by atoms with Crippen molar-refractivity contribution in [2.45, 2.75) is 0 Å². The lowest BCUT2D eigenvalue weighted by Gasteiger charge is -1.91. The van der Waals surface area contributed by atoms with Gasteiger partial charge in [-0.3, -0.25) is 4.79 Å². The number of fused-ring (bicyclic) bond motifs is 3. The Kier molecular flexibility index (Phi) is 1.62. The summed E-state index contributed by atoms with van der Waals surface area (Å²) < 4.78 is 5.62. The molecule has 0 N–H and O–H groups in total. The van der Waals surface area contributed by atoms with Crippen molar-refractivity contribution in [1.29, 1.82) is 0 Å². The summed E-state index contributed by atoms with van der Waals surface area (Å²) in [7, 11) is 0. The summed E-state index contributed by atoms with van der Waals surface area (Å²) >= 11 is 0. The van der Waals surface area contributed by atoms with Crippen LogP contribution in [0.5, 0.6) is 0 Å². The van der Waals surface area contributed by atoms with Crippen LogP contribution in [0.1, 0.15) is 5.56 Å². The maximum absolute atomic E-state index is 10.8. The van der Waals surface area contributed by atoms with E-state index in [0.717, 1.165) is 21.9 Å². The molecule has 0 aliphatic heterocycles. The van der Waals surface area contributed by atoms with Crippen molar-refractivity contribution < 1.29 is 9.21 Å². The molecule has 1 heterocycles. The highest BCUT2D eigenvalue weighted by atomic mass is 16.3. The first-order valence-corrected chi connectivity index (χ1v) is 4.68. The van der Waals surface area contributed by atoms with Crippen molar-refractivity contribution in [3.05, 3.63) is 48.0 Å². The number of rotatable bonds is 1. The van der Waals surface area contributed by atoms with E-state index in [4.69, 9.17) is 4.42 Å². The Balaban J connectivity index is 2.62. The number of furan rings is 1. The Bertz CT molecular complexity index is 650. The largest absolute Gasteiger partial charge is 0.456 e. The first-order valence-electron chi connectivity index (χ1n) is 4.68. The van der Waals surface area contributed by atoms with E-state index in [1.807, 2.05) is 36.6 Å². The zero-order valence-electron chi connectivity index (χ0n) is 7.86. The van der Waals surface area contributed by atoms with Crippen molar-refractivity contribution in [1.82, 2.24) is 0 Å². The molecule has 1 aromatic heterocycles. The summed E-state index contributed by atoms with van der Waals surface area (Å²) in [5.74, 6) is 0. The lowest BCUT2D eigenvalue weighted by molar-refractivity contribution is 0.563. The summed E-state index contributed by atoms with van der Waals surface area (Å²) in [5, 5.41) is 1.81. The average molecular weight is 195 g/mol. The molecular weight excluding hydrogens is 188 g/mol. The van der Waals surface area contributed by atoms with Crippen LogP contribution in [0, 0.1) is 0 Å². The fourth-order valence-electron chi connectivity index (χ4n) is 1.86. The zero-order chi connectivity index (χ0) is 10.3. The molecule has 15 heavy (non-hydrogen) atoms. The number of benzene rings is 2. The predicted octanol–water partition coefficient (Wildman–Crippen LogP) is 3.04. The van der Waals surface area contributed by atoms with Crippen molar-refractivity contribution in [3.8, 4) is 0 Å². The van der Waals surface area contributed by atoms with Crippen LogP contribution in [0.15, 0.2) is 46.9 Å². The Morgan fingerprint density at radius 3 is 2.60 bits per heavy atom. The van der Waals surface area contributed by atoms with Gasteiger partial charge in [0.2, 0.25) is 6.29 Å². The molecule has 0 bridgehead atoms. The van der Waals surface area contributed by atoms with E-state index < -0.39 is 0 Å². The van der Waals surface area contributed by atoms with Crippen LogP contribution in [-0.4, -0.2) is 6.29 Å². The van der Waals surface area contributed by atoms with Gasteiger partial charge in [-0.15, -0.1) is 0 Å². The molecule has 0 saturated carbocycles. The second-order valence-corrected chi connectivity index (χ2v) is 3.38. The predicted molar refractivity (Wildman–Crippen MR) is 58.5 cm³/mol. The molecule has 0 fully saturated rings. The molecule has 0 aliphatic rings. The number of hydrogen-bond acceptors (Lipinski definition) is 2. The van der Waals surface area contributed by atoms with Crippen LogP contribution >= 0.6 is 0 Å². The van der Waals surface area contributed by atoms with Gasteiger partial charge in [0.1, 0.15) is 11.2 Å². The minimum atomic E-state index is 0.553. The fraction of sp³-hybridized carbons (Fsp3) is 0. The van der Waals surface area contributed by atoms with E-state index in [-0.39, 0.29) is 0 Å².